The Bertz CT molecular complexity index is 1020. The summed E-state index contributed by atoms with van der Waals surface area (Å²) in [5, 5.41) is 7.06. The monoisotopic (exact) mass is 410 g/mol. The molecule has 0 aliphatic heterocycles. The van der Waals surface area contributed by atoms with Crippen molar-refractivity contribution in [2.24, 2.45) is 0 Å². The van der Waals surface area contributed by atoms with E-state index in [1.807, 2.05) is 30.3 Å². The van der Waals surface area contributed by atoms with E-state index in [0.717, 1.165) is 5.56 Å². The lowest BCUT2D eigenvalue weighted by Gasteiger charge is -2.18. The zero-order chi connectivity index (χ0) is 21.7. The number of amides is 1. The molecule has 1 amide bonds. The first kappa shape index (κ1) is 21.2. The van der Waals surface area contributed by atoms with E-state index < -0.39 is 17.9 Å². The average Bonchev–Trinajstić information content (AvgIpc) is 3.10. The van der Waals surface area contributed by atoms with Crippen LogP contribution in [0.1, 0.15) is 48.3 Å². The fourth-order valence-electron chi connectivity index (χ4n) is 2.95. The lowest BCUT2D eigenvalue weighted by atomic mass is 10.0. The van der Waals surface area contributed by atoms with Gasteiger partial charge in [-0.05, 0) is 50.6 Å². The van der Waals surface area contributed by atoms with Gasteiger partial charge in [-0.1, -0.05) is 30.3 Å². The minimum atomic E-state index is -0.594. The summed E-state index contributed by atoms with van der Waals surface area (Å²) < 4.78 is 19.9. The Labute approximate surface area is 173 Å². The molecule has 156 valence electrons. The number of nitrogens with zero attached hydrogens (tertiary/aromatic N) is 3. The number of carbonyl (C=O) groups is 2. The first-order valence-electron chi connectivity index (χ1n) is 9.58. The third-order valence-electron chi connectivity index (χ3n) is 4.29. The van der Waals surface area contributed by atoms with Gasteiger partial charge >= 0.3 is 5.97 Å². The van der Waals surface area contributed by atoms with Gasteiger partial charge in [-0.3, -0.25) is 9.59 Å². The topological polar surface area (TPSA) is 86.1 Å². The normalized spacial score (nSPS) is 11.9. The lowest BCUT2D eigenvalue weighted by molar-refractivity contribution is -0.147. The van der Waals surface area contributed by atoms with Crippen LogP contribution in [0.15, 0.2) is 54.6 Å². The molecule has 0 aliphatic rings. The summed E-state index contributed by atoms with van der Waals surface area (Å²) in [6, 6.07) is 14.3. The molecular formula is C22H23FN4O3. The summed E-state index contributed by atoms with van der Waals surface area (Å²) >= 11 is 0. The summed E-state index contributed by atoms with van der Waals surface area (Å²) in [4.78, 5) is 29.2. The molecule has 1 unspecified atom stereocenters. The first-order chi connectivity index (χ1) is 14.3. The Hall–Kier alpha value is -3.55. The van der Waals surface area contributed by atoms with Gasteiger partial charge in [0, 0.05) is 0 Å². The van der Waals surface area contributed by atoms with Crippen molar-refractivity contribution >= 4 is 11.9 Å². The Morgan fingerprint density at radius 2 is 1.77 bits per heavy atom. The molecule has 3 rings (SSSR count). The molecule has 2 aromatic carbocycles. The molecule has 3 aromatic rings. The maximum absolute atomic E-state index is 13.2. The molecule has 1 heterocycles. The molecule has 7 nitrogen and oxygen atoms in total. The lowest BCUT2D eigenvalue weighted by Crippen LogP contribution is -2.32. The Kier molecular flexibility index (Phi) is 6.56. The molecule has 30 heavy (non-hydrogen) atoms. The van der Waals surface area contributed by atoms with Crippen molar-refractivity contribution in [2.45, 2.75) is 39.3 Å². The Balaban J connectivity index is 1.81. The number of carbonyl (C=O) groups excluding carboxylic acids is 2. The van der Waals surface area contributed by atoms with Gasteiger partial charge in [0.2, 0.25) is 5.82 Å². The van der Waals surface area contributed by atoms with E-state index in [4.69, 9.17) is 4.74 Å². The predicted molar refractivity (Wildman–Crippen MR) is 109 cm³/mol. The average molecular weight is 410 g/mol. The molecule has 8 heteroatoms. The smallest absolute Gasteiger partial charge is 0.308 e. The molecule has 0 spiro atoms. The van der Waals surface area contributed by atoms with Crippen LogP contribution in [0, 0.1) is 12.7 Å². The van der Waals surface area contributed by atoms with E-state index in [9.17, 15) is 14.0 Å². The SMILES string of the molecule is Cc1nc(C(=O)NC(CC(=O)OC(C)C)c2ccccc2)nn1-c1ccc(F)cc1. The highest BCUT2D eigenvalue weighted by atomic mass is 19.1. The van der Waals surface area contributed by atoms with Gasteiger partial charge in [-0.15, -0.1) is 5.10 Å². The van der Waals surface area contributed by atoms with Gasteiger partial charge in [0.05, 0.1) is 24.3 Å². The molecule has 0 fully saturated rings. The van der Waals surface area contributed by atoms with Crippen LogP contribution >= 0.6 is 0 Å². The third-order valence-corrected chi connectivity index (χ3v) is 4.29. The van der Waals surface area contributed by atoms with E-state index in [2.05, 4.69) is 15.4 Å². The van der Waals surface area contributed by atoms with Crippen LogP contribution < -0.4 is 5.32 Å². The van der Waals surface area contributed by atoms with E-state index >= 15 is 0 Å². The van der Waals surface area contributed by atoms with Gasteiger partial charge in [0.25, 0.3) is 5.91 Å². The molecule has 0 aliphatic carbocycles. The highest BCUT2D eigenvalue weighted by Crippen LogP contribution is 2.19. The number of aryl methyl sites for hydroxylation is 1. The summed E-state index contributed by atoms with van der Waals surface area (Å²) in [6.07, 6.45) is -0.272. The number of benzene rings is 2. The van der Waals surface area contributed by atoms with Crippen molar-refractivity contribution in [1.29, 1.82) is 0 Å². The summed E-state index contributed by atoms with van der Waals surface area (Å²) in [5.74, 6) is -0.879. The minimum Gasteiger partial charge on any atom is -0.463 e. The van der Waals surface area contributed by atoms with Crippen LogP contribution in [0.25, 0.3) is 5.69 Å². The molecule has 0 saturated heterocycles. The van der Waals surface area contributed by atoms with Crippen molar-refractivity contribution < 1.29 is 18.7 Å². The standard InChI is InChI=1S/C22H23FN4O3/c1-14(2)30-20(28)13-19(16-7-5-4-6-8-16)25-22(29)21-24-15(3)27(26-21)18-11-9-17(23)10-12-18/h4-12,14,19H,13H2,1-3H3,(H,25,29). The summed E-state index contributed by atoms with van der Waals surface area (Å²) in [6.45, 7) is 5.23. The van der Waals surface area contributed by atoms with E-state index in [-0.39, 0.29) is 24.2 Å². The highest BCUT2D eigenvalue weighted by Gasteiger charge is 2.23. The number of rotatable bonds is 7. The van der Waals surface area contributed by atoms with Gasteiger partial charge in [0.15, 0.2) is 0 Å². The molecule has 1 aromatic heterocycles. The zero-order valence-electron chi connectivity index (χ0n) is 17.0. The molecule has 0 radical (unpaired) electrons. The maximum Gasteiger partial charge on any atom is 0.308 e. The molecule has 1 N–H and O–H groups in total. The second kappa shape index (κ2) is 9.30. The highest BCUT2D eigenvalue weighted by molar-refractivity contribution is 5.91. The van der Waals surface area contributed by atoms with Crippen LogP contribution in [0.5, 0.6) is 0 Å². The predicted octanol–water partition coefficient (Wildman–Crippen LogP) is 3.53. The number of halogens is 1. The molecular weight excluding hydrogens is 387 g/mol. The van der Waals surface area contributed by atoms with Crippen LogP contribution in [-0.4, -0.2) is 32.7 Å². The van der Waals surface area contributed by atoms with Gasteiger partial charge in [-0.2, -0.15) is 0 Å². The second-order valence-corrected chi connectivity index (χ2v) is 7.05. The van der Waals surface area contributed by atoms with Crippen molar-refractivity contribution in [1.82, 2.24) is 20.1 Å². The van der Waals surface area contributed by atoms with E-state index in [1.165, 1.54) is 16.8 Å². The van der Waals surface area contributed by atoms with E-state index in [0.29, 0.717) is 11.5 Å². The third kappa shape index (κ3) is 5.28. The summed E-state index contributed by atoms with van der Waals surface area (Å²) in [5.41, 5.74) is 1.35. The quantitative estimate of drug-likeness (QED) is 0.602. The first-order valence-corrected chi connectivity index (χ1v) is 9.58. The fraction of sp³-hybridized carbons (Fsp3) is 0.273. The number of ether oxygens (including phenoxy) is 1. The van der Waals surface area contributed by atoms with Crippen molar-refractivity contribution in [2.75, 3.05) is 0 Å². The second-order valence-electron chi connectivity index (χ2n) is 7.05. The van der Waals surface area contributed by atoms with Crippen LogP contribution in [0.3, 0.4) is 0 Å². The number of hydrogen-bond acceptors (Lipinski definition) is 5. The largest absolute Gasteiger partial charge is 0.463 e. The van der Waals surface area contributed by atoms with Crippen LogP contribution in [0.2, 0.25) is 0 Å². The summed E-state index contributed by atoms with van der Waals surface area (Å²) in [7, 11) is 0. The zero-order valence-corrected chi connectivity index (χ0v) is 17.0. The Morgan fingerprint density at radius 3 is 2.40 bits per heavy atom. The minimum absolute atomic E-state index is 0.0222. The van der Waals surface area contributed by atoms with E-state index in [1.54, 1.807) is 32.9 Å². The van der Waals surface area contributed by atoms with Gasteiger partial charge in [-0.25, -0.2) is 14.1 Å². The van der Waals surface area contributed by atoms with Crippen LogP contribution in [0.4, 0.5) is 4.39 Å². The number of esters is 1. The van der Waals surface area contributed by atoms with Crippen LogP contribution in [-0.2, 0) is 9.53 Å². The molecule has 1 atom stereocenters. The van der Waals surface area contributed by atoms with Crippen molar-refractivity contribution in [3.63, 3.8) is 0 Å². The fourth-order valence-corrected chi connectivity index (χ4v) is 2.95. The Morgan fingerprint density at radius 1 is 1.10 bits per heavy atom. The number of hydrogen-bond donors (Lipinski definition) is 1. The maximum atomic E-state index is 13.2. The van der Waals surface area contributed by atoms with Gasteiger partial charge < -0.3 is 10.1 Å². The van der Waals surface area contributed by atoms with Crippen molar-refractivity contribution in [3.8, 4) is 5.69 Å². The molecule has 0 saturated carbocycles. The number of nitrogens with one attached hydrogen (secondary N) is 1. The molecule has 0 bridgehead atoms. The van der Waals surface area contributed by atoms with Crippen molar-refractivity contribution in [3.05, 3.63) is 77.6 Å². The van der Waals surface area contributed by atoms with Gasteiger partial charge in [0.1, 0.15) is 11.6 Å². The number of aromatic nitrogens is 3.